The van der Waals surface area contributed by atoms with Crippen LogP contribution in [0.4, 0.5) is 0 Å². The Kier molecular flexibility index (Phi) is 3.65. The van der Waals surface area contributed by atoms with E-state index in [9.17, 15) is 4.79 Å². The molecule has 4 rings (SSSR count). The van der Waals surface area contributed by atoms with Crippen molar-refractivity contribution in [1.82, 2.24) is 15.1 Å². The summed E-state index contributed by atoms with van der Waals surface area (Å²) in [5.41, 5.74) is 3.60. The van der Waals surface area contributed by atoms with E-state index in [-0.39, 0.29) is 24.0 Å². The van der Waals surface area contributed by atoms with E-state index in [1.54, 1.807) is 10.9 Å². The van der Waals surface area contributed by atoms with E-state index in [2.05, 4.69) is 28.6 Å². The molecule has 0 saturated carbocycles. The van der Waals surface area contributed by atoms with Crippen molar-refractivity contribution < 1.29 is 9.53 Å². The Balaban J connectivity index is 1.49. The van der Waals surface area contributed by atoms with E-state index < -0.39 is 0 Å². The third-order valence-electron chi connectivity index (χ3n) is 4.93. The SMILES string of the molecule is Cn1cc([C@H]2OCC[C@@H]2C(=O)N[C@@H]2CCc3ccccc32)cn1. The third kappa shape index (κ3) is 2.65. The second-order valence-electron chi connectivity index (χ2n) is 6.43. The van der Waals surface area contributed by atoms with E-state index in [0.29, 0.717) is 6.61 Å². The van der Waals surface area contributed by atoms with Gasteiger partial charge in [0, 0.05) is 25.4 Å². The maximum atomic E-state index is 12.8. The molecule has 1 aliphatic carbocycles. The molecule has 1 N–H and O–H groups in total. The highest BCUT2D eigenvalue weighted by atomic mass is 16.5. The van der Waals surface area contributed by atoms with Crippen LogP contribution >= 0.6 is 0 Å². The van der Waals surface area contributed by atoms with Crippen molar-refractivity contribution in [2.45, 2.75) is 31.4 Å². The molecule has 0 spiro atoms. The summed E-state index contributed by atoms with van der Waals surface area (Å²) in [5, 5.41) is 7.43. The van der Waals surface area contributed by atoms with Gasteiger partial charge in [0.2, 0.25) is 5.91 Å². The van der Waals surface area contributed by atoms with Crippen LogP contribution in [0.15, 0.2) is 36.7 Å². The number of benzene rings is 1. The van der Waals surface area contributed by atoms with Crippen molar-refractivity contribution in [2.24, 2.45) is 13.0 Å². The Bertz CT molecular complexity index is 725. The first-order valence-electron chi connectivity index (χ1n) is 8.20. The largest absolute Gasteiger partial charge is 0.373 e. The van der Waals surface area contributed by atoms with Gasteiger partial charge in [-0.2, -0.15) is 5.10 Å². The van der Waals surface area contributed by atoms with Gasteiger partial charge in [-0.05, 0) is 30.4 Å². The number of aryl methyl sites for hydroxylation is 2. The molecule has 1 saturated heterocycles. The number of carbonyl (C=O) groups excluding carboxylic acids is 1. The maximum Gasteiger partial charge on any atom is 0.226 e. The molecule has 3 atom stereocenters. The molecule has 0 radical (unpaired) electrons. The Hall–Kier alpha value is -2.14. The number of nitrogens with zero attached hydrogens (tertiary/aromatic N) is 2. The van der Waals surface area contributed by atoms with E-state index in [1.807, 2.05) is 19.3 Å². The zero-order valence-electron chi connectivity index (χ0n) is 13.2. The summed E-state index contributed by atoms with van der Waals surface area (Å²) in [4.78, 5) is 12.8. The minimum Gasteiger partial charge on any atom is -0.373 e. The Morgan fingerprint density at radius 3 is 3.04 bits per heavy atom. The molecule has 2 heterocycles. The van der Waals surface area contributed by atoms with E-state index in [0.717, 1.165) is 24.8 Å². The minimum absolute atomic E-state index is 0.0954. The van der Waals surface area contributed by atoms with Gasteiger partial charge < -0.3 is 10.1 Å². The molecule has 23 heavy (non-hydrogen) atoms. The lowest BCUT2D eigenvalue weighted by atomic mass is 9.95. The first kappa shape index (κ1) is 14.5. The smallest absolute Gasteiger partial charge is 0.226 e. The molecule has 5 heteroatoms. The summed E-state index contributed by atoms with van der Waals surface area (Å²) in [6, 6.07) is 8.51. The summed E-state index contributed by atoms with van der Waals surface area (Å²) < 4.78 is 7.56. The van der Waals surface area contributed by atoms with Gasteiger partial charge in [0.25, 0.3) is 0 Å². The van der Waals surface area contributed by atoms with Gasteiger partial charge >= 0.3 is 0 Å². The number of hydrogen-bond acceptors (Lipinski definition) is 3. The van der Waals surface area contributed by atoms with Gasteiger partial charge in [0.05, 0.1) is 24.3 Å². The van der Waals surface area contributed by atoms with Crippen LogP contribution in [-0.2, 0) is 23.0 Å². The van der Waals surface area contributed by atoms with Gasteiger partial charge in [-0.15, -0.1) is 0 Å². The van der Waals surface area contributed by atoms with Crippen molar-refractivity contribution in [1.29, 1.82) is 0 Å². The average Bonchev–Trinajstić information content (AvgIpc) is 3.26. The maximum absolute atomic E-state index is 12.8. The quantitative estimate of drug-likeness (QED) is 0.946. The topological polar surface area (TPSA) is 56.1 Å². The second-order valence-corrected chi connectivity index (χ2v) is 6.43. The monoisotopic (exact) mass is 311 g/mol. The Labute approximate surface area is 135 Å². The zero-order valence-corrected chi connectivity index (χ0v) is 13.2. The highest BCUT2D eigenvalue weighted by molar-refractivity contribution is 5.80. The number of rotatable bonds is 3. The van der Waals surface area contributed by atoms with Crippen molar-refractivity contribution in [3.8, 4) is 0 Å². The molecule has 5 nitrogen and oxygen atoms in total. The predicted octanol–water partition coefficient (Wildman–Crippen LogP) is 2.30. The number of ether oxygens (including phenoxy) is 1. The molecule has 1 amide bonds. The molecule has 2 aromatic rings. The standard InChI is InChI=1S/C18H21N3O2/c1-21-11-13(10-19-21)17-15(8-9-23-17)18(22)20-16-7-6-12-4-2-3-5-14(12)16/h2-5,10-11,15-17H,6-9H2,1H3,(H,20,22)/t15-,16+,17+/m0/s1. The van der Waals surface area contributed by atoms with Crippen molar-refractivity contribution >= 4 is 5.91 Å². The molecule has 1 aromatic carbocycles. The van der Waals surface area contributed by atoms with Gasteiger partial charge in [-0.25, -0.2) is 0 Å². The summed E-state index contributed by atoms with van der Waals surface area (Å²) >= 11 is 0. The summed E-state index contributed by atoms with van der Waals surface area (Å²) in [7, 11) is 1.88. The normalized spacial score (nSPS) is 26.2. The van der Waals surface area contributed by atoms with E-state index in [4.69, 9.17) is 4.74 Å². The van der Waals surface area contributed by atoms with Crippen molar-refractivity contribution in [3.05, 3.63) is 53.3 Å². The van der Waals surface area contributed by atoms with E-state index >= 15 is 0 Å². The van der Waals surface area contributed by atoms with Crippen LogP contribution in [0.2, 0.25) is 0 Å². The summed E-state index contributed by atoms with van der Waals surface area (Å²) in [5.74, 6) is -0.0370. The molecule has 2 aliphatic rings. The van der Waals surface area contributed by atoms with Crippen molar-refractivity contribution in [2.75, 3.05) is 6.61 Å². The molecule has 0 bridgehead atoms. The van der Waals surface area contributed by atoms with Crippen LogP contribution in [0.1, 0.15) is 41.7 Å². The Morgan fingerprint density at radius 2 is 2.22 bits per heavy atom. The molecular weight excluding hydrogens is 290 g/mol. The number of amides is 1. The average molecular weight is 311 g/mol. The van der Waals surface area contributed by atoms with Gasteiger partial charge in [0.15, 0.2) is 0 Å². The van der Waals surface area contributed by atoms with Crippen LogP contribution in [0.3, 0.4) is 0 Å². The molecule has 1 aliphatic heterocycles. The predicted molar refractivity (Wildman–Crippen MR) is 85.7 cm³/mol. The van der Waals surface area contributed by atoms with Crippen LogP contribution in [0.25, 0.3) is 0 Å². The number of aromatic nitrogens is 2. The molecule has 1 fully saturated rings. The van der Waals surface area contributed by atoms with E-state index in [1.165, 1.54) is 11.1 Å². The lowest BCUT2D eigenvalue weighted by Crippen LogP contribution is -2.34. The minimum atomic E-state index is -0.180. The molecule has 0 unspecified atom stereocenters. The lowest BCUT2D eigenvalue weighted by Gasteiger charge is -2.20. The summed E-state index contributed by atoms with van der Waals surface area (Å²) in [6.45, 7) is 0.624. The van der Waals surface area contributed by atoms with Gasteiger partial charge in [-0.3, -0.25) is 9.48 Å². The number of fused-ring (bicyclic) bond motifs is 1. The highest BCUT2D eigenvalue weighted by Gasteiger charge is 2.37. The van der Waals surface area contributed by atoms with Crippen molar-refractivity contribution in [3.63, 3.8) is 0 Å². The second kappa shape index (κ2) is 5.81. The highest BCUT2D eigenvalue weighted by Crippen LogP contribution is 2.36. The van der Waals surface area contributed by atoms with Crippen LogP contribution < -0.4 is 5.32 Å². The summed E-state index contributed by atoms with van der Waals surface area (Å²) in [6.07, 6.45) is 6.33. The number of nitrogens with one attached hydrogen (secondary N) is 1. The fraction of sp³-hybridized carbons (Fsp3) is 0.444. The first-order valence-corrected chi connectivity index (χ1v) is 8.20. The lowest BCUT2D eigenvalue weighted by molar-refractivity contribution is -0.127. The van der Waals surface area contributed by atoms with Crippen LogP contribution in [0.5, 0.6) is 0 Å². The first-order chi connectivity index (χ1) is 11.2. The fourth-order valence-corrected chi connectivity index (χ4v) is 3.76. The third-order valence-corrected chi connectivity index (χ3v) is 4.93. The number of carbonyl (C=O) groups is 1. The molecular formula is C18H21N3O2. The zero-order chi connectivity index (χ0) is 15.8. The van der Waals surface area contributed by atoms with Crippen LogP contribution in [-0.4, -0.2) is 22.3 Å². The number of hydrogen-bond donors (Lipinski definition) is 1. The molecule has 120 valence electrons. The van der Waals surface area contributed by atoms with Crippen LogP contribution in [0, 0.1) is 5.92 Å². The fourth-order valence-electron chi connectivity index (χ4n) is 3.76. The Morgan fingerprint density at radius 1 is 1.35 bits per heavy atom. The van der Waals surface area contributed by atoms with Gasteiger partial charge in [0.1, 0.15) is 0 Å². The molecule has 1 aromatic heterocycles. The van der Waals surface area contributed by atoms with Gasteiger partial charge in [-0.1, -0.05) is 24.3 Å².